The van der Waals surface area contributed by atoms with Gasteiger partial charge in [-0.1, -0.05) is 24.2 Å². The first kappa shape index (κ1) is 15.6. The van der Waals surface area contributed by atoms with Crippen LogP contribution in [0.5, 0.6) is 5.75 Å². The minimum atomic E-state index is -3.10. The van der Waals surface area contributed by atoms with Gasteiger partial charge >= 0.3 is 0 Å². The molecule has 0 aliphatic carbocycles. The maximum absolute atomic E-state index is 15.6. The van der Waals surface area contributed by atoms with E-state index in [2.05, 4.69) is 0 Å². The number of ether oxygens (including phenoxy) is 2. The molecule has 8 nitrogen and oxygen atoms in total. The molecule has 3 amide bonds. The smallest absolute Gasteiger partial charge is 0.255 e. The van der Waals surface area contributed by atoms with Crippen LogP contribution in [0.25, 0.3) is 0 Å². The molecule has 0 radical (unpaired) electrons. The first-order valence-electron chi connectivity index (χ1n) is 14.3. The van der Waals surface area contributed by atoms with Crippen molar-refractivity contribution in [2.75, 3.05) is 26.3 Å². The summed E-state index contributed by atoms with van der Waals surface area (Å²) in [5.74, 6) is -4.15. The van der Waals surface area contributed by atoms with Crippen molar-refractivity contribution in [2.24, 2.45) is 0 Å². The monoisotopic (exact) mass is 474 g/mol. The van der Waals surface area contributed by atoms with E-state index >= 15 is 4.39 Å². The summed E-state index contributed by atoms with van der Waals surface area (Å²) < 4.78 is 83.7. The maximum Gasteiger partial charge on any atom is 0.255 e. The van der Waals surface area contributed by atoms with E-state index in [1.807, 2.05) is 4.90 Å². The molecule has 0 saturated carbocycles. The van der Waals surface area contributed by atoms with Crippen molar-refractivity contribution < 1.29 is 37.8 Å². The lowest BCUT2D eigenvalue weighted by Gasteiger charge is -2.29. The summed E-state index contributed by atoms with van der Waals surface area (Å²) in [5.41, 5.74) is -0.0173. The first-order chi connectivity index (χ1) is 19.3. The minimum absolute atomic E-state index is 0.0412. The third-order valence-electron chi connectivity index (χ3n) is 5.89. The van der Waals surface area contributed by atoms with Gasteiger partial charge in [-0.3, -0.25) is 24.6 Å². The van der Waals surface area contributed by atoms with Gasteiger partial charge in [0, 0.05) is 53.7 Å². The van der Waals surface area contributed by atoms with Crippen LogP contribution in [0.1, 0.15) is 49.4 Å². The lowest BCUT2D eigenvalue weighted by Crippen LogP contribution is -2.52. The Bertz CT molecular complexity index is 1450. The highest BCUT2D eigenvalue weighted by molar-refractivity contribution is 6.05. The fraction of sp³-hybridized carbons (Fsp3) is 0.400. The van der Waals surface area contributed by atoms with Crippen molar-refractivity contribution >= 4 is 17.7 Å². The second-order valence-electron chi connectivity index (χ2n) is 8.03. The zero-order valence-corrected chi connectivity index (χ0v) is 18.1. The van der Waals surface area contributed by atoms with Gasteiger partial charge in [-0.25, -0.2) is 4.39 Å². The number of hydrogen-bond acceptors (Lipinski definition) is 6. The van der Waals surface area contributed by atoms with Gasteiger partial charge in [0.2, 0.25) is 11.8 Å². The Labute approximate surface area is 206 Å². The quantitative estimate of drug-likeness (QED) is 0.645. The summed E-state index contributed by atoms with van der Waals surface area (Å²) >= 11 is 0. The number of benzene rings is 2. The molecule has 9 heteroatoms. The van der Waals surface area contributed by atoms with Crippen LogP contribution in [-0.4, -0.2) is 59.9 Å². The van der Waals surface area contributed by atoms with Crippen LogP contribution in [0.4, 0.5) is 4.39 Å². The van der Waals surface area contributed by atoms with Crippen molar-refractivity contribution in [3.8, 4) is 5.75 Å². The number of morpholine rings is 1. The van der Waals surface area contributed by atoms with Gasteiger partial charge in [0.1, 0.15) is 24.2 Å². The van der Waals surface area contributed by atoms with E-state index in [0.717, 1.165) is 4.90 Å². The fourth-order valence-corrected chi connectivity index (χ4v) is 4.12. The lowest BCUT2D eigenvalue weighted by atomic mass is 10.0. The molecule has 3 aliphatic heterocycles. The second kappa shape index (κ2) is 9.52. The molecular weight excluding hydrogens is 441 g/mol. The summed E-state index contributed by atoms with van der Waals surface area (Å²) in [4.78, 5) is 40.5. The van der Waals surface area contributed by atoms with Crippen LogP contribution >= 0.6 is 0 Å². The number of piperidine rings is 1. The van der Waals surface area contributed by atoms with E-state index in [1.54, 1.807) is 5.32 Å². The molecule has 1 unspecified atom stereocenters. The molecule has 0 bridgehead atoms. The molecule has 5 rings (SSSR count). The van der Waals surface area contributed by atoms with E-state index in [9.17, 15) is 14.4 Å². The Morgan fingerprint density at radius 3 is 2.82 bits per heavy atom. The highest BCUT2D eigenvalue weighted by Crippen LogP contribution is 2.34. The first-order valence-corrected chi connectivity index (χ1v) is 10.8. The number of rotatable bonds is 6. The zero-order valence-electron chi connectivity index (χ0n) is 25.1. The number of hydrogen-bond donors (Lipinski definition) is 1. The van der Waals surface area contributed by atoms with Gasteiger partial charge < -0.3 is 14.4 Å². The molecule has 3 aliphatic rings. The summed E-state index contributed by atoms with van der Waals surface area (Å²) in [6.45, 7) is 1.13. The highest BCUT2D eigenvalue weighted by Gasteiger charge is 2.40. The SMILES string of the molecule is [2H]c1c([2H])c(COc2cccc3c2CN(C2C(=O)NC(=O)C([2H])([2H])C2([2H])[2H])C3=O)c(F)c(CN2CCOCC2)c1[2H]. The molecule has 1 atom stereocenters. The highest BCUT2D eigenvalue weighted by atomic mass is 19.1. The van der Waals surface area contributed by atoms with Crippen LogP contribution in [0, 0.1) is 5.82 Å². The Kier molecular flexibility index (Phi) is 4.36. The topological polar surface area (TPSA) is 88.2 Å². The number of amides is 3. The number of nitrogens with zero attached hydrogens (tertiary/aromatic N) is 2. The van der Waals surface area contributed by atoms with Crippen LogP contribution in [0.15, 0.2) is 36.3 Å². The van der Waals surface area contributed by atoms with E-state index in [1.165, 1.54) is 18.2 Å². The van der Waals surface area contributed by atoms with Gasteiger partial charge in [0.15, 0.2) is 0 Å². The van der Waals surface area contributed by atoms with Crippen LogP contribution in [0.3, 0.4) is 0 Å². The van der Waals surface area contributed by atoms with Gasteiger partial charge in [-0.05, 0) is 18.5 Å². The van der Waals surface area contributed by atoms with Crippen molar-refractivity contribution in [1.82, 2.24) is 15.1 Å². The van der Waals surface area contributed by atoms with Crippen LogP contribution < -0.4 is 10.1 Å². The van der Waals surface area contributed by atoms with E-state index in [-0.39, 0.29) is 47.1 Å². The largest absolute Gasteiger partial charge is 0.488 e. The maximum atomic E-state index is 15.6. The van der Waals surface area contributed by atoms with Gasteiger partial charge in [0.05, 0.1) is 23.9 Å². The summed E-state index contributed by atoms with van der Waals surface area (Å²) in [7, 11) is 0. The third-order valence-corrected chi connectivity index (χ3v) is 5.89. The molecule has 2 saturated heterocycles. The predicted octanol–water partition coefficient (Wildman–Crippen LogP) is 2.00. The zero-order chi connectivity index (χ0) is 29.9. The molecule has 0 aromatic heterocycles. The summed E-state index contributed by atoms with van der Waals surface area (Å²) in [5, 5.41) is 1.79. The Balaban J connectivity index is 1.42. The van der Waals surface area contributed by atoms with E-state index in [4.69, 9.17) is 19.1 Å². The predicted molar refractivity (Wildman–Crippen MR) is 119 cm³/mol. The normalized spacial score (nSPS) is 26.9. The van der Waals surface area contributed by atoms with Gasteiger partial charge in [-0.15, -0.1) is 0 Å². The van der Waals surface area contributed by atoms with Crippen molar-refractivity contribution in [3.63, 3.8) is 0 Å². The second-order valence-corrected chi connectivity index (χ2v) is 8.03. The van der Waals surface area contributed by atoms with Crippen LogP contribution in [-0.2, 0) is 34.0 Å². The lowest BCUT2D eigenvalue weighted by molar-refractivity contribution is -0.136. The van der Waals surface area contributed by atoms with Crippen molar-refractivity contribution in [2.45, 2.75) is 38.5 Å². The number of fused-ring (bicyclic) bond motifs is 1. The number of carbonyl (C=O) groups excluding carboxylic acids is 3. The molecule has 0 spiro atoms. The molecule has 2 aromatic rings. The Morgan fingerprint density at radius 1 is 1.21 bits per heavy atom. The van der Waals surface area contributed by atoms with Gasteiger partial charge in [-0.2, -0.15) is 0 Å². The van der Waals surface area contributed by atoms with E-state index in [0.29, 0.717) is 26.3 Å². The Hall–Kier alpha value is -3.30. The van der Waals surface area contributed by atoms with Crippen molar-refractivity contribution in [1.29, 1.82) is 0 Å². The molecule has 34 heavy (non-hydrogen) atoms. The Morgan fingerprint density at radius 2 is 2.00 bits per heavy atom. The molecule has 3 heterocycles. The molecule has 1 N–H and O–H groups in total. The molecule has 2 fully saturated rings. The molecule has 2 aromatic carbocycles. The molecular formula is C25H26FN3O5. The van der Waals surface area contributed by atoms with Gasteiger partial charge in [0.25, 0.3) is 5.91 Å². The summed E-state index contributed by atoms with van der Waals surface area (Å²) in [6.07, 6.45) is -6.15. The van der Waals surface area contributed by atoms with Crippen molar-refractivity contribution in [3.05, 3.63) is 64.4 Å². The number of nitrogens with one attached hydrogen (secondary N) is 1. The number of carbonyl (C=O) groups is 3. The average molecular weight is 475 g/mol. The molecule has 178 valence electrons. The number of halogens is 1. The van der Waals surface area contributed by atoms with E-state index < -0.39 is 61.0 Å². The van der Waals surface area contributed by atoms with Crippen LogP contribution in [0.2, 0.25) is 0 Å². The standard InChI is InChI=1S/C25H26FN3O5/c26-23-16(13-28-9-11-33-12-10-28)3-1-4-17(23)15-34-21-6-2-5-18-19(21)14-29(25(18)32)20-7-8-22(30)27-24(20)31/h1-6,20H,7-15H2,(H,27,30,31)/i1D,3D,4D,7D2,8D2. The number of imide groups is 1. The third kappa shape index (κ3) is 4.41. The average Bonchev–Trinajstić information content (AvgIpc) is 3.26. The minimum Gasteiger partial charge on any atom is -0.488 e. The fourth-order valence-electron chi connectivity index (χ4n) is 4.12. The summed E-state index contributed by atoms with van der Waals surface area (Å²) in [6, 6.07) is 1.02.